The predicted octanol–water partition coefficient (Wildman–Crippen LogP) is 2.89. The van der Waals surface area contributed by atoms with E-state index < -0.39 is 12.1 Å². The Balaban J connectivity index is 1.42. The van der Waals surface area contributed by atoms with Crippen LogP contribution in [0.5, 0.6) is 0 Å². The number of alkyl halides is 1. The van der Waals surface area contributed by atoms with Gasteiger partial charge in [-0.2, -0.15) is 4.39 Å². The van der Waals surface area contributed by atoms with Crippen LogP contribution in [0.1, 0.15) is 35.2 Å². The van der Waals surface area contributed by atoms with Crippen molar-refractivity contribution < 1.29 is 13.6 Å². The third-order valence-corrected chi connectivity index (χ3v) is 6.74. The van der Waals surface area contributed by atoms with Crippen molar-refractivity contribution in [1.82, 2.24) is 25.2 Å². The summed E-state index contributed by atoms with van der Waals surface area (Å²) in [7, 11) is 2.62. The molecule has 7 nitrogen and oxygen atoms in total. The Morgan fingerprint density at radius 3 is 2.82 bits per heavy atom. The monoisotopic (exact) mass is 484 g/mol. The van der Waals surface area contributed by atoms with Gasteiger partial charge in [0.05, 0.1) is 41.2 Å². The van der Waals surface area contributed by atoms with Gasteiger partial charge in [-0.25, -0.2) is 14.4 Å². The molecule has 3 aromatic rings. The Bertz CT molecular complexity index is 1230. The number of amides is 1. The van der Waals surface area contributed by atoms with Crippen molar-refractivity contribution in [3.63, 3.8) is 0 Å². The molecular weight excluding hydrogens is 457 g/mol. The largest absolute Gasteiger partial charge is 0.378 e. The highest BCUT2D eigenvalue weighted by atomic mass is 31.0. The normalized spacial score (nSPS) is 20.2. The Morgan fingerprint density at radius 1 is 1.24 bits per heavy atom. The van der Waals surface area contributed by atoms with Crippen LogP contribution in [0, 0.1) is 12.9 Å². The molecule has 2 fully saturated rings. The van der Waals surface area contributed by atoms with E-state index in [0.717, 1.165) is 35.9 Å². The van der Waals surface area contributed by atoms with Crippen LogP contribution in [0.15, 0.2) is 36.9 Å². The first-order valence-electron chi connectivity index (χ1n) is 11.4. The summed E-state index contributed by atoms with van der Waals surface area (Å²) in [5, 5.41) is 9.99. The molecule has 3 atom stereocenters. The number of nitrogens with one attached hydrogen (secondary N) is 3. The molecule has 34 heavy (non-hydrogen) atoms. The number of pyridine rings is 1. The molecule has 3 unspecified atom stereocenters. The van der Waals surface area contributed by atoms with E-state index in [9.17, 15) is 13.6 Å². The molecule has 2 aliphatic rings. The molecular formula is C24H27F2N6OP. The van der Waals surface area contributed by atoms with E-state index >= 15 is 0 Å². The van der Waals surface area contributed by atoms with Gasteiger partial charge in [-0.3, -0.25) is 4.79 Å². The minimum Gasteiger partial charge on any atom is -0.378 e. The van der Waals surface area contributed by atoms with Crippen LogP contribution in [0.4, 0.5) is 14.5 Å². The van der Waals surface area contributed by atoms with E-state index in [2.05, 4.69) is 35.2 Å². The van der Waals surface area contributed by atoms with Crippen LogP contribution < -0.4 is 21.3 Å². The van der Waals surface area contributed by atoms with Gasteiger partial charge in [0.15, 0.2) is 0 Å². The number of halogens is 2. The number of anilines is 1. The van der Waals surface area contributed by atoms with E-state index in [1.807, 2.05) is 19.1 Å². The Kier molecular flexibility index (Phi) is 6.32. The summed E-state index contributed by atoms with van der Waals surface area (Å²) < 4.78 is 30.6. The number of hydrogen-bond acceptors (Lipinski definition) is 5. The fourth-order valence-corrected chi connectivity index (χ4v) is 4.65. The quantitative estimate of drug-likeness (QED) is 0.370. The molecule has 0 radical (unpaired) electrons. The van der Waals surface area contributed by atoms with E-state index in [-0.39, 0.29) is 23.6 Å². The van der Waals surface area contributed by atoms with Gasteiger partial charge >= 0.3 is 0 Å². The van der Waals surface area contributed by atoms with Crippen molar-refractivity contribution in [2.75, 3.05) is 18.4 Å². The lowest BCUT2D eigenvalue weighted by atomic mass is 10.0. The number of rotatable bonds is 6. The standard InChI is InChI=1S/C24H27F2N6OP/c1-13-6-22(34)17(24(33)31-14-2-3-14)8-21(13)32-11-20(29-12-32)16-7-15(9-28-23(16)26)30-19-4-5-27-10-18(19)25/h6-9,11-12,14,18-19,27,30H,2-5,10,34H2,1H3,(H,31,33). The molecule has 3 heterocycles. The van der Waals surface area contributed by atoms with Crippen LogP contribution in [0.3, 0.4) is 0 Å². The maximum atomic E-state index is 14.6. The van der Waals surface area contributed by atoms with Crippen LogP contribution in [-0.2, 0) is 0 Å². The number of piperidine rings is 1. The van der Waals surface area contributed by atoms with Gasteiger partial charge in [0.25, 0.3) is 5.91 Å². The summed E-state index contributed by atoms with van der Waals surface area (Å²) in [5.74, 6) is -0.758. The van der Waals surface area contributed by atoms with Gasteiger partial charge in [0, 0.05) is 24.3 Å². The molecule has 178 valence electrons. The molecule has 2 aromatic heterocycles. The molecule has 0 spiro atoms. The first-order chi connectivity index (χ1) is 16.4. The molecule has 1 saturated carbocycles. The average molecular weight is 484 g/mol. The van der Waals surface area contributed by atoms with Gasteiger partial charge in [0.2, 0.25) is 5.95 Å². The highest BCUT2D eigenvalue weighted by Gasteiger charge is 2.26. The Morgan fingerprint density at radius 2 is 2.06 bits per heavy atom. The second-order valence-electron chi connectivity index (χ2n) is 8.96. The van der Waals surface area contributed by atoms with E-state index in [0.29, 0.717) is 29.9 Å². The average Bonchev–Trinajstić information content (AvgIpc) is 3.49. The number of nitrogens with zero attached hydrogens (tertiary/aromatic N) is 3. The van der Waals surface area contributed by atoms with Gasteiger partial charge in [-0.1, -0.05) is 0 Å². The van der Waals surface area contributed by atoms with E-state index in [4.69, 9.17) is 0 Å². The van der Waals surface area contributed by atoms with Gasteiger partial charge < -0.3 is 20.5 Å². The lowest BCUT2D eigenvalue weighted by Crippen LogP contribution is -2.45. The zero-order valence-electron chi connectivity index (χ0n) is 18.8. The highest BCUT2D eigenvalue weighted by Crippen LogP contribution is 2.27. The zero-order valence-corrected chi connectivity index (χ0v) is 20.0. The fraction of sp³-hybridized carbons (Fsp3) is 0.375. The van der Waals surface area contributed by atoms with Crippen LogP contribution in [0.25, 0.3) is 16.9 Å². The van der Waals surface area contributed by atoms with Crippen molar-refractivity contribution in [3.8, 4) is 16.9 Å². The van der Waals surface area contributed by atoms with Crippen molar-refractivity contribution in [2.24, 2.45) is 0 Å². The first-order valence-corrected chi connectivity index (χ1v) is 12.0. The topological polar surface area (TPSA) is 83.9 Å². The maximum absolute atomic E-state index is 14.6. The highest BCUT2D eigenvalue weighted by molar-refractivity contribution is 7.27. The Hall–Kier alpha value is -2.90. The summed E-state index contributed by atoms with van der Waals surface area (Å²) in [6, 6.07) is 5.27. The number of benzene rings is 1. The summed E-state index contributed by atoms with van der Waals surface area (Å²) in [5.41, 5.74) is 3.47. The maximum Gasteiger partial charge on any atom is 0.252 e. The molecule has 1 saturated heterocycles. The smallest absolute Gasteiger partial charge is 0.252 e. The number of carbonyl (C=O) groups is 1. The minimum absolute atomic E-state index is 0.104. The van der Waals surface area contributed by atoms with Crippen molar-refractivity contribution in [1.29, 1.82) is 0 Å². The fourth-order valence-electron chi connectivity index (χ4n) is 4.18. The summed E-state index contributed by atoms with van der Waals surface area (Å²) in [6.45, 7) is 2.96. The SMILES string of the molecule is Cc1cc(P)c(C(=O)NC2CC2)cc1-n1cnc(-c2cc(NC3CCNCC3F)cnc2F)c1. The zero-order chi connectivity index (χ0) is 23.8. The second-order valence-corrected chi connectivity index (χ2v) is 9.58. The van der Waals surface area contributed by atoms with Crippen LogP contribution in [-0.4, -0.2) is 51.8 Å². The third-order valence-electron chi connectivity index (χ3n) is 6.26. The minimum atomic E-state index is -1.03. The predicted molar refractivity (Wildman–Crippen MR) is 131 cm³/mol. The number of carbonyl (C=O) groups excluding carboxylic acids is 1. The molecule has 10 heteroatoms. The Labute approximate surface area is 199 Å². The first kappa shape index (κ1) is 22.9. The summed E-state index contributed by atoms with van der Waals surface area (Å²) >= 11 is 0. The van der Waals surface area contributed by atoms with Crippen molar-refractivity contribution in [3.05, 3.63) is 54.0 Å². The number of aromatic nitrogens is 3. The van der Waals surface area contributed by atoms with Crippen LogP contribution in [0.2, 0.25) is 0 Å². The number of hydrogen-bond donors (Lipinski definition) is 3. The lowest BCUT2D eigenvalue weighted by Gasteiger charge is -2.28. The summed E-state index contributed by atoms with van der Waals surface area (Å²) in [6.07, 6.45) is 6.29. The van der Waals surface area contributed by atoms with Crippen molar-refractivity contribution in [2.45, 2.75) is 44.4 Å². The number of aryl methyl sites for hydroxylation is 1. The third kappa shape index (κ3) is 4.81. The van der Waals surface area contributed by atoms with Crippen molar-refractivity contribution >= 4 is 26.1 Å². The lowest BCUT2D eigenvalue weighted by molar-refractivity contribution is 0.0952. The molecule has 1 aromatic carbocycles. The van der Waals surface area contributed by atoms with Gasteiger partial charge in [-0.15, -0.1) is 9.24 Å². The molecule has 0 bridgehead atoms. The van der Waals surface area contributed by atoms with E-state index in [1.165, 1.54) is 6.20 Å². The van der Waals surface area contributed by atoms with Gasteiger partial charge in [0.1, 0.15) is 6.17 Å². The molecule has 1 amide bonds. The van der Waals surface area contributed by atoms with Crippen LogP contribution >= 0.6 is 9.24 Å². The molecule has 3 N–H and O–H groups in total. The number of imidazole rings is 1. The summed E-state index contributed by atoms with van der Waals surface area (Å²) in [4.78, 5) is 20.9. The second kappa shape index (κ2) is 9.39. The van der Waals surface area contributed by atoms with Gasteiger partial charge in [-0.05, 0) is 61.8 Å². The molecule has 5 rings (SSSR count). The van der Waals surface area contributed by atoms with E-state index in [1.54, 1.807) is 23.2 Å². The molecule has 1 aliphatic heterocycles. The molecule has 1 aliphatic carbocycles.